The number of carbonyl (C=O) groups is 1. The number of carbonyl (C=O) groups excluding carboxylic acids is 1. The summed E-state index contributed by atoms with van der Waals surface area (Å²) in [4.78, 5) is 16.6. The Bertz CT molecular complexity index is 950. The maximum Gasteiger partial charge on any atom is 0.321 e. The molecule has 0 radical (unpaired) electrons. The molecule has 0 atom stereocenters. The van der Waals surface area contributed by atoms with E-state index in [9.17, 15) is 4.79 Å². The number of benzene rings is 2. The Morgan fingerprint density at radius 2 is 1.85 bits per heavy atom. The number of H-pyrrole nitrogens is 1. The molecule has 2 aromatic carbocycles. The van der Waals surface area contributed by atoms with Gasteiger partial charge < -0.3 is 15.1 Å². The second-order valence-corrected chi connectivity index (χ2v) is 6.90. The number of hydrogen-bond acceptors (Lipinski definition) is 3. The molecule has 1 saturated heterocycles. The minimum atomic E-state index is -0.115. The summed E-state index contributed by atoms with van der Waals surface area (Å²) < 4.78 is 0. The van der Waals surface area contributed by atoms with Gasteiger partial charge in [0.2, 0.25) is 0 Å². The van der Waals surface area contributed by atoms with Crippen molar-refractivity contribution in [1.82, 2.24) is 15.1 Å². The second kappa shape index (κ2) is 7.05. The van der Waals surface area contributed by atoms with E-state index in [-0.39, 0.29) is 6.03 Å². The number of aromatic amines is 1. The standard InChI is InChI=1S/C18H17Cl2N5O/c19-13-3-1-6-16(17(13)20)24-7-9-25(10-8-24)18(26)22-14-4-2-5-15-12(14)11-21-23-15/h1-6,11H,7-10H2,(H,21,23)(H,22,26). The van der Waals surface area contributed by atoms with Gasteiger partial charge in [-0.25, -0.2) is 4.79 Å². The van der Waals surface area contributed by atoms with Crippen LogP contribution in [0.2, 0.25) is 10.0 Å². The minimum absolute atomic E-state index is 0.115. The number of nitrogens with zero attached hydrogens (tertiary/aromatic N) is 3. The molecule has 4 rings (SSSR count). The molecule has 2 heterocycles. The molecule has 2 N–H and O–H groups in total. The van der Waals surface area contributed by atoms with Gasteiger partial charge in [-0.3, -0.25) is 5.10 Å². The number of rotatable bonds is 2. The zero-order valence-electron chi connectivity index (χ0n) is 13.9. The molecule has 0 bridgehead atoms. The van der Waals surface area contributed by atoms with E-state index < -0.39 is 0 Å². The number of urea groups is 1. The van der Waals surface area contributed by atoms with E-state index in [1.165, 1.54) is 0 Å². The lowest BCUT2D eigenvalue weighted by Crippen LogP contribution is -2.50. The van der Waals surface area contributed by atoms with Crippen molar-refractivity contribution in [3.8, 4) is 0 Å². The van der Waals surface area contributed by atoms with Crippen LogP contribution in [0.3, 0.4) is 0 Å². The van der Waals surface area contributed by atoms with Gasteiger partial charge in [0.25, 0.3) is 0 Å². The highest BCUT2D eigenvalue weighted by Crippen LogP contribution is 2.33. The second-order valence-electron chi connectivity index (χ2n) is 6.11. The fourth-order valence-corrected chi connectivity index (χ4v) is 3.57. The van der Waals surface area contributed by atoms with Crippen LogP contribution in [-0.4, -0.2) is 47.3 Å². The predicted molar refractivity (Wildman–Crippen MR) is 105 cm³/mol. The molecule has 134 valence electrons. The number of aromatic nitrogens is 2. The summed E-state index contributed by atoms with van der Waals surface area (Å²) in [7, 11) is 0. The first-order valence-electron chi connectivity index (χ1n) is 8.30. The van der Waals surface area contributed by atoms with E-state index in [2.05, 4.69) is 20.4 Å². The molecular formula is C18H17Cl2N5O. The number of fused-ring (bicyclic) bond motifs is 1. The molecule has 2 amide bonds. The molecule has 1 aliphatic rings. The van der Waals surface area contributed by atoms with E-state index in [0.29, 0.717) is 36.2 Å². The van der Waals surface area contributed by atoms with E-state index in [0.717, 1.165) is 22.3 Å². The van der Waals surface area contributed by atoms with Crippen molar-refractivity contribution >= 4 is 51.5 Å². The van der Waals surface area contributed by atoms with E-state index in [1.54, 1.807) is 17.2 Å². The Morgan fingerprint density at radius 3 is 2.65 bits per heavy atom. The van der Waals surface area contributed by atoms with E-state index in [4.69, 9.17) is 23.2 Å². The monoisotopic (exact) mass is 389 g/mol. The Kier molecular flexibility index (Phi) is 4.61. The number of anilines is 2. The first-order valence-corrected chi connectivity index (χ1v) is 9.06. The molecule has 0 spiro atoms. The summed E-state index contributed by atoms with van der Waals surface area (Å²) in [6, 6.07) is 11.2. The third kappa shape index (κ3) is 3.18. The summed E-state index contributed by atoms with van der Waals surface area (Å²) in [5.74, 6) is 0. The number of halogens is 2. The molecule has 8 heteroatoms. The fourth-order valence-electron chi connectivity index (χ4n) is 3.16. The van der Waals surface area contributed by atoms with Crippen LogP contribution in [0.25, 0.3) is 10.9 Å². The molecule has 6 nitrogen and oxygen atoms in total. The highest BCUT2D eigenvalue weighted by molar-refractivity contribution is 6.43. The third-order valence-corrected chi connectivity index (χ3v) is 5.37. The van der Waals surface area contributed by atoms with Gasteiger partial charge in [0, 0.05) is 31.6 Å². The zero-order chi connectivity index (χ0) is 18.1. The summed E-state index contributed by atoms with van der Waals surface area (Å²) in [6.07, 6.45) is 1.71. The Labute approximate surface area is 160 Å². The maximum atomic E-state index is 12.6. The van der Waals surface area contributed by atoms with Crippen molar-refractivity contribution in [3.63, 3.8) is 0 Å². The van der Waals surface area contributed by atoms with Gasteiger partial charge in [-0.05, 0) is 24.3 Å². The molecule has 0 aliphatic carbocycles. The number of nitrogens with one attached hydrogen (secondary N) is 2. The SMILES string of the molecule is O=C(Nc1cccc2[nH]ncc12)N1CCN(c2cccc(Cl)c2Cl)CC1. The topological polar surface area (TPSA) is 64.3 Å². The number of hydrogen-bond donors (Lipinski definition) is 2. The van der Waals surface area contributed by atoms with Crippen LogP contribution in [0.15, 0.2) is 42.6 Å². The Balaban J connectivity index is 1.42. The van der Waals surface area contributed by atoms with Gasteiger partial charge in [0.05, 0.1) is 33.1 Å². The number of piperazine rings is 1. The van der Waals surface area contributed by atoms with Crippen LogP contribution in [-0.2, 0) is 0 Å². The normalized spacial score (nSPS) is 14.7. The van der Waals surface area contributed by atoms with Crippen molar-refractivity contribution in [2.75, 3.05) is 36.4 Å². The van der Waals surface area contributed by atoms with Crippen LogP contribution in [0.5, 0.6) is 0 Å². The average molecular weight is 390 g/mol. The molecule has 26 heavy (non-hydrogen) atoms. The molecule has 1 fully saturated rings. The van der Waals surface area contributed by atoms with Crippen LogP contribution >= 0.6 is 23.2 Å². The largest absolute Gasteiger partial charge is 0.367 e. The van der Waals surface area contributed by atoms with Gasteiger partial charge >= 0.3 is 6.03 Å². The third-order valence-electron chi connectivity index (χ3n) is 4.57. The average Bonchev–Trinajstić information content (AvgIpc) is 3.14. The maximum absolute atomic E-state index is 12.6. The lowest BCUT2D eigenvalue weighted by molar-refractivity contribution is 0.208. The molecular weight excluding hydrogens is 373 g/mol. The Hall–Kier alpha value is -2.44. The quantitative estimate of drug-likeness (QED) is 0.689. The molecule has 0 unspecified atom stereocenters. The fraction of sp³-hybridized carbons (Fsp3) is 0.222. The minimum Gasteiger partial charge on any atom is -0.367 e. The van der Waals surface area contributed by atoms with Crippen molar-refractivity contribution in [2.24, 2.45) is 0 Å². The smallest absolute Gasteiger partial charge is 0.321 e. The van der Waals surface area contributed by atoms with Crippen molar-refractivity contribution in [1.29, 1.82) is 0 Å². The van der Waals surface area contributed by atoms with Crippen LogP contribution in [0.1, 0.15) is 0 Å². The van der Waals surface area contributed by atoms with Crippen LogP contribution in [0, 0.1) is 0 Å². The van der Waals surface area contributed by atoms with Gasteiger partial charge in [0.1, 0.15) is 0 Å². The predicted octanol–water partition coefficient (Wildman–Crippen LogP) is 4.22. The summed E-state index contributed by atoms with van der Waals surface area (Å²) in [6.45, 7) is 2.61. The van der Waals surface area contributed by atoms with Gasteiger partial charge in [0.15, 0.2) is 0 Å². The molecule has 1 aliphatic heterocycles. The van der Waals surface area contributed by atoms with E-state index in [1.807, 2.05) is 30.3 Å². The Morgan fingerprint density at radius 1 is 1.08 bits per heavy atom. The molecule has 1 aromatic heterocycles. The first-order chi connectivity index (χ1) is 12.6. The lowest BCUT2D eigenvalue weighted by Gasteiger charge is -2.36. The zero-order valence-corrected chi connectivity index (χ0v) is 15.4. The highest BCUT2D eigenvalue weighted by Gasteiger charge is 2.23. The van der Waals surface area contributed by atoms with Crippen molar-refractivity contribution in [2.45, 2.75) is 0 Å². The molecule has 3 aromatic rings. The molecule has 0 saturated carbocycles. The van der Waals surface area contributed by atoms with Crippen molar-refractivity contribution < 1.29 is 4.79 Å². The van der Waals surface area contributed by atoms with Crippen molar-refractivity contribution in [3.05, 3.63) is 52.6 Å². The van der Waals surface area contributed by atoms with Gasteiger partial charge in [-0.1, -0.05) is 35.3 Å². The first kappa shape index (κ1) is 17.0. The van der Waals surface area contributed by atoms with Crippen LogP contribution < -0.4 is 10.2 Å². The highest BCUT2D eigenvalue weighted by atomic mass is 35.5. The number of amides is 2. The summed E-state index contributed by atoms with van der Waals surface area (Å²) in [5.41, 5.74) is 2.55. The van der Waals surface area contributed by atoms with Crippen LogP contribution in [0.4, 0.5) is 16.2 Å². The summed E-state index contributed by atoms with van der Waals surface area (Å²) in [5, 5.41) is 11.9. The van der Waals surface area contributed by atoms with Gasteiger partial charge in [-0.2, -0.15) is 5.10 Å². The lowest BCUT2D eigenvalue weighted by atomic mass is 10.2. The summed E-state index contributed by atoms with van der Waals surface area (Å²) >= 11 is 12.4. The van der Waals surface area contributed by atoms with E-state index >= 15 is 0 Å². The van der Waals surface area contributed by atoms with Gasteiger partial charge in [-0.15, -0.1) is 0 Å².